The highest BCUT2D eigenvalue weighted by atomic mass is 16.6. The maximum Gasteiger partial charge on any atom is 0.451 e. The molecule has 0 bridgehead atoms. The van der Waals surface area contributed by atoms with Crippen LogP contribution in [0.15, 0.2) is 0 Å². The van der Waals surface area contributed by atoms with Gasteiger partial charge in [0, 0.05) is 12.5 Å². The van der Waals surface area contributed by atoms with Crippen LogP contribution < -0.4 is 16.4 Å². The Balaban J connectivity index is 2.75. The summed E-state index contributed by atoms with van der Waals surface area (Å²) in [7, 11) is -1.43. The Labute approximate surface area is 184 Å². The number of hydrogen-bond donors (Lipinski definition) is 6. The number of carbonyl (C=O) groups is 3. The second-order valence-corrected chi connectivity index (χ2v) is 9.86. The minimum Gasteiger partial charge on any atom is -0.480 e. The van der Waals surface area contributed by atoms with Crippen LogP contribution in [0.4, 0.5) is 4.79 Å². The Morgan fingerprint density at radius 2 is 1.84 bits per heavy atom. The van der Waals surface area contributed by atoms with Crippen molar-refractivity contribution < 1.29 is 34.3 Å². The Hall–Kier alpha value is -1.85. The third kappa shape index (κ3) is 8.66. The molecule has 1 rings (SSSR count). The third-order valence-corrected chi connectivity index (χ3v) is 5.65. The first kappa shape index (κ1) is 27.2. The predicted octanol–water partition coefficient (Wildman–Crippen LogP) is 0.713. The number of carboxylic acid groups (broad SMARTS) is 1. The Morgan fingerprint density at radius 1 is 1.23 bits per heavy atom. The van der Waals surface area contributed by atoms with Crippen molar-refractivity contribution in [2.75, 3.05) is 6.54 Å². The molecule has 31 heavy (non-hydrogen) atoms. The summed E-state index contributed by atoms with van der Waals surface area (Å²) in [6, 6.07) is -0.839. The van der Waals surface area contributed by atoms with Gasteiger partial charge in [-0.25, -0.2) is 4.79 Å². The molecule has 2 amide bonds. The predicted molar refractivity (Wildman–Crippen MR) is 116 cm³/mol. The molecule has 10 nitrogen and oxygen atoms in total. The van der Waals surface area contributed by atoms with Crippen molar-refractivity contribution in [1.29, 1.82) is 0 Å². The minimum absolute atomic E-state index is 0.0351. The number of carbonyl (C=O) groups excluding carboxylic acids is 2. The van der Waals surface area contributed by atoms with E-state index in [0.29, 0.717) is 19.3 Å². The maximum absolute atomic E-state index is 12.7. The van der Waals surface area contributed by atoms with Gasteiger partial charge in [-0.05, 0) is 58.2 Å². The van der Waals surface area contributed by atoms with E-state index in [1.165, 1.54) is 0 Å². The van der Waals surface area contributed by atoms with Crippen LogP contribution in [0.2, 0.25) is 6.32 Å². The summed E-state index contributed by atoms with van der Waals surface area (Å²) in [5, 5.41) is 33.2. The van der Waals surface area contributed by atoms with Crippen molar-refractivity contribution in [3.8, 4) is 0 Å². The molecule has 0 aromatic carbocycles. The molecule has 0 aromatic heterocycles. The average Bonchev–Trinajstić information content (AvgIpc) is 2.61. The summed E-state index contributed by atoms with van der Waals surface area (Å²) >= 11 is 0. The number of nitrogens with two attached hydrogens (primary N) is 1. The number of alkyl carbamates (subject to hydrolysis) is 1. The molecule has 0 saturated heterocycles. The minimum atomic E-state index is -1.53. The van der Waals surface area contributed by atoms with Gasteiger partial charge in [-0.1, -0.05) is 20.3 Å². The van der Waals surface area contributed by atoms with Crippen LogP contribution in [0.5, 0.6) is 0 Å². The second kappa shape index (κ2) is 11.1. The molecule has 1 aliphatic carbocycles. The van der Waals surface area contributed by atoms with Crippen LogP contribution in [-0.2, 0) is 14.3 Å². The molecule has 0 heterocycles. The first-order valence-electron chi connectivity index (χ1n) is 10.8. The van der Waals surface area contributed by atoms with Gasteiger partial charge in [0.1, 0.15) is 17.2 Å². The lowest BCUT2D eigenvalue weighted by atomic mass is 9.66. The number of nitrogens with one attached hydrogen (secondary N) is 2. The lowest BCUT2D eigenvalue weighted by Crippen LogP contribution is -2.61. The summed E-state index contributed by atoms with van der Waals surface area (Å²) in [5.74, 6) is -2.31. The maximum atomic E-state index is 12.7. The van der Waals surface area contributed by atoms with Crippen molar-refractivity contribution in [2.24, 2.45) is 23.5 Å². The molecule has 7 N–H and O–H groups in total. The topological polar surface area (TPSA) is 171 Å². The van der Waals surface area contributed by atoms with Crippen molar-refractivity contribution >= 4 is 25.1 Å². The molecule has 0 unspecified atom stereocenters. The van der Waals surface area contributed by atoms with E-state index >= 15 is 0 Å². The zero-order valence-electron chi connectivity index (χ0n) is 19.2. The lowest BCUT2D eigenvalue weighted by molar-refractivity contribution is -0.148. The van der Waals surface area contributed by atoms with Gasteiger partial charge in [-0.15, -0.1) is 0 Å². The number of ether oxygens (including phenoxy) is 1. The second-order valence-electron chi connectivity index (χ2n) is 9.86. The molecule has 1 saturated carbocycles. The monoisotopic (exact) mass is 443 g/mol. The van der Waals surface area contributed by atoms with Crippen LogP contribution in [0.1, 0.15) is 60.3 Å². The quantitative estimate of drug-likeness (QED) is 0.283. The smallest absolute Gasteiger partial charge is 0.451 e. The van der Waals surface area contributed by atoms with Crippen molar-refractivity contribution in [2.45, 2.75) is 83.8 Å². The first-order chi connectivity index (χ1) is 14.2. The Morgan fingerprint density at radius 3 is 2.32 bits per heavy atom. The van der Waals surface area contributed by atoms with E-state index in [-0.39, 0.29) is 31.1 Å². The van der Waals surface area contributed by atoms with Crippen LogP contribution >= 0.6 is 0 Å². The molecule has 0 spiro atoms. The summed E-state index contributed by atoms with van der Waals surface area (Å²) in [4.78, 5) is 36.7. The molecule has 11 heteroatoms. The summed E-state index contributed by atoms with van der Waals surface area (Å²) in [5.41, 5.74) is 4.02. The fourth-order valence-electron chi connectivity index (χ4n) is 3.92. The molecule has 0 aromatic rings. The highest BCUT2D eigenvalue weighted by molar-refractivity contribution is 6.40. The van der Waals surface area contributed by atoms with E-state index in [4.69, 9.17) is 20.5 Å². The summed E-state index contributed by atoms with van der Waals surface area (Å²) < 4.78 is 5.22. The number of hydrogen-bond acceptors (Lipinski definition) is 7. The highest BCUT2D eigenvalue weighted by Gasteiger charge is 2.47. The van der Waals surface area contributed by atoms with Gasteiger partial charge < -0.3 is 36.3 Å². The van der Waals surface area contributed by atoms with Gasteiger partial charge >= 0.3 is 19.2 Å². The van der Waals surface area contributed by atoms with Crippen LogP contribution in [0.3, 0.4) is 0 Å². The number of aliphatic carboxylic acids is 1. The molecule has 178 valence electrons. The SMILES string of the molecule is CC(C)[C@H](NC(=O)OC(C)(C)C)C(=O)NC[C@@H]1CC[C@@H](CCB(O)O)C[C@]1(N)C(=O)O. The molecule has 1 fully saturated rings. The highest BCUT2D eigenvalue weighted by Crippen LogP contribution is 2.38. The third-order valence-electron chi connectivity index (χ3n) is 5.65. The van der Waals surface area contributed by atoms with E-state index in [0.717, 1.165) is 0 Å². The standard InChI is InChI=1S/C20H38BN3O7/c1-12(2)15(24-18(28)31-19(3,4)5)16(25)23-11-14-7-6-13(8-9-21(29)30)10-20(14,22)17(26)27/h12-15,29-30H,6-11,22H2,1-5H3,(H,23,25)(H,24,28)(H,26,27)/t13-,14-,15-,20+/m0/s1. The molecule has 0 aliphatic heterocycles. The van der Waals surface area contributed by atoms with Crippen LogP contribution in [-0.4, -0.2) is 64.0 Å². The zero-order chi connectivity index (χ0) is 24.0. The fourth-order valence-corrected chi connectivity index (χ4v) is 3.92. The van der Waals surface area contributed by atoms with Crippen LogP contribution in [0, 0.1) is 17.8 Å². The normalized spacial score (nSPS) is 24.9. The number of amides is 2. The molecule has 0 radical (unpaired) electrons. The van der Waals surface area contributed by atoms with E-state index in [1.807, 2.05) is 0 Å². The van der Waals surface area contributed by atoms with E-state index < -0.39 is 48.2 Å². The number of carboxylic acids is 1. The first-order valence-corrected chi connectivity index (χ1v) is 10.8. The average molecular weight is 443 g/mol. The van der Waals surface area contributed by atoms with Gasteiger partial charge in [-0.2, -0.15) is 0 Å². The molecule has 4 atom stereocenters. The molecule has 1 aliphatic rings. The number of rotatable bonds is 9. The van der Waals surface area contributed by atoms with Crippen molar-refractivity contribution in [3.05, 3.63) is 0 Å². The Kier molecular flexibility index (Phi) is 9.78. The Bertz CT molecular complexity index is 639. The summed E-state index contributed by atoms with van der Waals surface area (Å²) in [6.07, 6.45) is 1.29. The van der Waals surface area contributed by atoms with Gasteiger partial charge in [0.2, 0.25) is 5.91 Å². The van der Waals surface area contributed by atoms with Crippen LogP contribution in [0.25, 0.3) is 0 Å². The van der Waals surface area contributed by atoms with E-state index in [9.17, 15) is 19.5 Å². The van der Waals surface area contributed by atoms with Gasteiger partial charge in [0.05, 0.1) is 0 Å². The van der Waals surface area contributed by atoms with Gasteiger partial charge in [-0.3, -0.25) is 9.59 Å². The largest absolute Gasteiger partial charge is 0.480 e. The lowest BCUT2D eigenvalue weighted by Gasteiger charge is -2.41. The fraction of sp³-hybridized carbons (Fsp3) is 0.850. The molecular weight excluding hydrogens is 405 g/mol. The zero-order valence-corrected chi connectivity index (χ0v) is 19.2. The molecular formula is C20H38BN3O7. The van der Waals surface area contributed by atoms with Gasteiger partial charge in [0.25, 0.3) is 0 Å². The van der Waals surface area contributed by atoms with Crippen molar-refractivity contribution in [3.63, 3.8) is 0 Å². The van der Waals surface area contributed by atoms with Crippen molar-refractivity contribution in [1.82, 2.24) is 10.6 Å². The van der Waals surface area contributed by atoms with E-state index in [1.54, 1.807) is 34.6 Å². The summed E-state index contributed by atoms with van der Waals surface area (Å²) in [6.45, 7) is 8.81. The van der Waals surface area contributed by atoms with Gasteiger partial charge in [0.15, 0.2) is 0 Å². The van der Waals surface area contributed by atoms with E-state index in [2.05, 4.69) is 10.6 Å².